The SMILES string of the molecule is Cc1ccc(C(N)=S)c(NCC(C)C2CC2)c1. The second-order valence-electron chi connectivity index (χ2n) is 5.11. The second kappa shape index (κ2) is 5.05. The first kappa shape index (κ1) is 12.4. The molecule has 0 aliphatic heterocycles. The first-order valence-electron chi connectivity index (χ1n) is 6.22. The van der Waals surface area contributed by atoms with Crippen LogP contribution in [0.4, 0.5) is 5.69 Å². The monoisotopic (exact) mass is 248 g/mol. The Hall–Kier alpha value is -1.09. The van der Waals surface area contributed by atoms with Crippen LogP contribution in [0.3, 0.4) is 0 Å². The molecule has 92 valence electrons. The molecule has 3 heteroatoms. The summed E-state index contributed by atoms with van der Waals surface area (Å²) in [7, 11) is 0. The Morgan fingerprint density at radius 1 is 1.53 bits per heavy atom. The normalized spacial score (nSPS) is 16.6. The number of nitrogens with one attached hydrogen (secondary N) is 1. The van der Waals surface area contributed by atoms with Gasteiger partial charge in [-0.15, -0.1) is 0 Å². The van der Waals surface area contributed by atoms with Crippen molar-refractivity contribution < 1.29 is 0 Å². The summed E-state index contributed by atoms with van der Waals surface area (Å²) in [6.45, 7) is 5.39. The van der Waals surface area contributed by atoms with E-state index in [4.69, 9.17) is 18.0 Å². The summed E-state index contributed by atoms with van der Waals surface area (Å²) in [5.41, 5.74) is 8.99. The highest BCUT2D eigenvalue weighted by Gasteiger charge is 2.27. The number of hydrogen-bond acceptors (Lipinski definition) is 2. The van der Waals surface area contributed by atoms with Gasteiger partial charge >= 0.3 is 0 Å². The lowest BCUT2D eigenvalue weighted by molar-refractivity contribution is 0.536. The van der Waals surface area contributed by atoms with E-state index in [2.05, 4.69) is 25.2 Å². The van der Waals surface area contributed by atoms with Gasteiger partial charge < -0.3 is 11.1 Å². The van der Waals surface area contributed by atoms with Gasteiger partial charge in [0, 0.05) is 17.8 Å². The predicted molar refractivity (Wildman–Crippen MR) is 77.4 cm³/mol. The number of thiocarbonyl (C=S) groups is 1. The average molecular weight is 248 g/mol. The van der Waals surface area contributed by atoms with Gasteiger partial charge in [-0.1, -0.05) is 25.2 Å². The zero-order valence-corrected chi connectivity index (χ0v) is 11.3. The van der Waals surface area contributed by atoms with Crippen molar-refractivity contribution in [3.8, 4) is 0 Å². The van der Waals surface area contributed by atoms with Crippen molar-refractivity contribution in [2.45, 2.75) is 26.7 Å². The third-order valence-corrected chi connectivity index (χ3v) is 3.70. The van der Waals surface area contributed by atoms with Crippen LogP contribution in [0.1, 0.15) is 30.9 Å². The molecule has 3 N–H and O–H groups in total. The van der Waals surface area contributed by atoms with Gasteiger partial charge in [0.15, 0.2) is 0 Å². The summed E-state index contributed by atoms with van der Waals surface area (Å²) >= 11 is 5.07. The molecule has 0 radical (unpaired) electrons. The van der Waals surface area contributed by atoms with Gasteiger partial charge in [-0.3, -0.25) is 0 Å². The van der Waals surface area contributed by atoms with E-state index in [0.29, 0.717) is 4.99 Å². The van der Waals surface area contributed by atoms with E-state index in [1.54, 1.807) is 0 Å². The highest BCUT2D eigenvalue weighted by atomic mass is 32.1. The maximum absolute atomic E-state index is 5.73. The lowest BCUT2D eigenvalue weighted by atomic mass is 10.1. The fourth-order valence-corrected chi connectivity index (χ4v) is 2.30. The summed E-state index contributed by atoms with van der Waals surface area (Å²) in [4.78, 5) is 0.464. The van der Waals surface area contributed by atoms with Crippen LogP contribution in [0, 0.1) is 18.8 Å². The Morgan fingerprint density at radius 3 is 2.82 bits per heavy atom. The summed E-state index contributed by atoms with van der Waals surface area (Å²) in [6.07, 6.45) is 2.78. The van der Waals surface area contributed by atoms with Crippen molar-refractivity contribution in [2.75, 3.05) is 11.9 Å². The average Bonchev–Trinajstić information content (AvgIpc) is 3.09. The number of hydrogen-bond donors (Lipinski definition) is 2. The minimum absolute atomic E-state index is 0.464. The number of aryl methyl sites for hydroxylation is 1. The topological polar surface area (TPSA) is 38.0 Å². The van der Waals surface area contributed by atoms with Gasteiger partial charge in [-0.25, -0.2) is 0 Å². The number of nitrogens with two attached hydrogens (primary N) is 1. The smallest absolute Gasteiger partial charge is 0.106 e. The summed E-state index contributed by atoms with van der Waals surface area (Å²) in [6, 6.07) is 6.17. The third kappa shape index (κ3) is 3.19. The molecule has 1 aliphatic rings. The standard InChI is InChI=1S/C14H20N2S/c1-9-3-6-12(14(15)17)13(7-9)16-8-10(2)11-4-5-11/h3,6-7,10-11,16H,4-5,8H2,1-2H3,(H2,15,17). The molecule has 0 bridgehead atoms. The van der Waals surface area contributed by atoms with Gasteiger partial charge in [0.1, 0.15) is 4.99 Å². The highest BCUT2D eigenvalue weighted by molar-refractivity contribution is 7.80. The molecule has 0 amide bonds. The molecule has 0 heterocycles. The molecule has 1 saturated carbocycles. The molecule has 1 fully saturated rings. The van der Waals surface area contributed by atoms with E-state index in [9.17, 15) is 0 Å². The molecule has 17 heavy (non-hydrogen) atoms. The van der Waals surface area contributed by atoms with Crippen LogP contribution in [0.25, 0.3) is 0 Å². The largest absolute Gasteiger partial charge is 0.389 e. The molecule has 1 aromatic carbocycles. The Labute approximate surface area is 109 Å². The third-order valence-electron chi connectivity index (χ3n) is 3.48. The lowest BCUT2D eigenvalue weighted by Gasteiger charge is -2.16. The van der Waals surface area contributed by atoms with Crippen LogP contribution < -0.4 is 11.1 Å². The zero-order chi connectivity index (χ0) is 12.4. The van der Waals surface area contributed by atoms with Gasteiger partial charge in [0.05, 0.1) is 0 Å². The lowest BCUT2D eigenvalue weighted by Crippen LogP contribution is -2.17. The van der Waals surface area contributed by atoms with Crippen molar-refractivity contribution in [2.24, 2.45) is 17.6 Å². The Kier molecular flexibility index (Phi) is 3.67. The molecule has 2 nitrogen and oxygen atoms in total. The van der Waals surface area contributed by atoms with E-state index in [0.717, 1.165) is 29.6 Å². The number of benzene rings is 1. The molecule has 2 rings (SSSR count). The molecule has 0 spiro atoms. The van der Waals surface area contributed by atoms with Crippen molar-refractivity contribution in [1.29, 1.82) is 0 Å². The number of rotatable bonds is 5. The van der Waals surface area contributed by atoms with E-state index < -0.39 is 0 Å². The molecule has 1 aliphatic carbocycles. The molecule has 1 aromatic rings. The minimum atomic E-state index is 0.464. The van der Waals surface area contributed by atoms with E-state index in [1.165, 1.54) is 18.4 Å². The summed E-state index contributed by atoms with van der Waals surface area (Å²) in [5.74, 6) is 1.65. The molecule has 1 unspecified atom stereocenters. The van der Waals surface area contributed by atoms with Crippen LogP contribution in [0.2, 0.25) is 0 Å². The Balaban J connectivity index is 2.07. The minimum Gasteiger partial charge on any atom is -0.389 e. The quantitative estimate of drug-likeness (QED) is 0.786. The van der Waals surface area contributed by atoms with Gasteiger partial charge in [0.2, 0.25) is 0 Å². The van der Waals surface area contributed by atoms with E-state index in [1.807, 2.05) is 12.1 Å². The van der Waals surface area contributed by atoms with Gasteiger partial charge in [-0.2, -0.15) is 0 Å². The summed E-state index contributed by atoms with van der Waals surface area (Å²) < 4.78 is 0. The van der Waals surface area contributed by atoms with Crippen LogP contribution in [-0.2, 0) is 0 Å². The maximum Gasteiger partial charge on any atom is 0.106 e. The first-order valence-corrected chi connectivity index (χ1v) is 6.63. The molecule has 0 aromatic heterocycles. The molecule has 1 atom stereocenters. The molecule has 0 saturated heterocycles. The first-order chi connectivity index (χ1) is 8.08. The maximum atomic E-state index is 5.73. The van der Waals surface area contributed by atoms with Crippen LogP contribution in [-0.4, -0.2) is 11.5 Å². The van der Waals surface area contributed by atoms with Crippen molar-refractivity contribution in [3.05, 3.63) is 29.3 Å². The molecular weight excluding hydrogens is 228 g/mol. The van der Waals surface area contributed by atoms with Crippen molar-refractivity contribution in [3.63, 3.8) is 0 Å². The highest BCUT2D eigenvalue weighted by Crippen LogP contribution is 2.36. The summed E-state index contributed by atoms with van der Waals surface area (Å²) in [5, 5.41) is 3.49. The van der Waals surface area contributed by atoms with Crippen LogP contribution in [0.15, 0.2) is 18.2 Å². The van der Waals surface area contributed by atoms with E-state index in [-0.39, 0.29) is 0 Å². The van der Waals surface area contributed by atoms with Gasteiger partial charge in [0.25, 0.3) is 0 Å². The number of anilines is 1. The van der Waals surface area contributed by atoms with Crippen molar-refractivity contribution in [1.82, 2.24) is 0 Å². The second-order valence-corrected chi connectivity index (χ2v) is 5.55. The fraction of sp³-hybridized carbons (Fsp3) is 0.500. The van der Waals surface area contributed by atoms with Gasteiger partial charge in [-0.05, 0) is 49.3 Å². The fourth-order valence-electron chi connectivity index (χ4n) is 2.12. The van der Waals surface area contributed by atoms with Crippen LogP contribution >= 0.6 is 12.2 Å². The van der Waals surface area contributed by atoms with Crippen molar-refractivity contribution >= 4 is 22.9 Å². The van der Waals surface area contributed by atoms with E-state index >= 15 is 0 Å². The molecular formula is C14H20N2S. The predicted octanol–water partition coefficient (Wildman–Crippen LogP) is 3.09. The zero-order valence-electron chi connectivity index (χ0n) is 10.5. The Bertz CT molecular complexity index is 424. The Morgan fingerprint density at radius 2 is 2.24 bits per heavy atom. The van der Waals surface area contributed by atoms with Crippen LogP contribution in [0.5, 0.6) is 0 Å².